The van der Waals surface area contributed by atoms with E-state index < -0.39 is 0 Å². The Balaban J connectivity index is 1.53. The van der Waals surface area contributed by atoms with E-state index >= 15 is 0 Å². The lowest BCUT2D eigenvalue weighted by Gasteiger charge is -2.35. The molecule has 0 saturated carbocycles. The first kappa shape index (κ1) is 29.4. The van der Waals surface area contributed by atoms with Gasteiger partial charge in [-0.15, -0.1) is 11.8 Å². The molecule has 3 aromatic rings. The maximum Gasteiger partial charge on any atom is 0.0906 e. The molecule has 0 saturated heterocycles. The van der Waals surface area contributed by atoms with E-state index in [2.05, 4.69) is 114 Å². The summed E-state index contributed by atoms with van der Waals surface area (Å²) in [4.78, 5) is 0. The molecule has 0 radical (unpaired) electrons. The van der Waals surface area contributed by atoms with E-state index in [0.29, 0.717) is 0 Å². The molecule has 3 aromatic carbocycles. The average Bonchev–Trinajstić information content (AvgIpc) is 2.96. The molecule has 1 N–H and O–H groups in total. The van der Waals surface area contributed by atoms with Gasteiger partial charge in [-0.05, 0) is 73.0 Å². The van der Waals surface area contributed by atoms with Gasteiger partial charge in [0.25, 0.3) is 0 Å². The molecule has 4 heteroatoms. The summed E-state index contributed by atoms with van der Waals surface area (Å²) in [6.45, 7) is 0. The third-order valence-corrected chi connectivity index (χ3v) is 9.25. The number of oxime groups is 1. The fourth-order valence-electron chi connectivity index (χ4n) is 4.93. The number of hydrogen-bond donors (Lipinski definition) is 1. The Morgan fingerprint density at radius 2 is 1.00 bits per heavy atom. The van der Waals surface area contributed by atoms with Crippen molar-refractivity contribution in [3.8, 4) is 0 Å². The first-order chi connectivity index (χ1) is 18.3. The molecule has 198 valence electrons. The summed E-state index contributed by atoms with van der Waals surface area (Å²) in [5.74, 6) is 2.35. The van der Waals surface area contributed by atoms with Gasteiger partial charge in [-0.25, -0.2) is 0 Å². The van der Waals surface area contributed by atoms with E-state index in [-0.39, 0.29) is 4.75 Å². The van der Waals surface area contributed by atoms with E-state index in [1.54, 1.807) is 0 Å². The lowest BCUT2D eigenvalue weighted by Crippen LogP contribution is -2.26. The van der Waals surface area contributed by atoms with Crippen molar-refractivity contribution in [3.63, 3.8) is 0 Å². The van der Waals surface area contributed by atoms with Crippen LogP contribution in [0.2, 0.25) is 0 Å². The third kappa shape index (κ3) is 9.26. The lowest BCUT2D eigenvalue weighted by molar-refractivity contribution is 0.315. The number of benzene rings is 3. The van der Waals surface area contributed by atoms with Gasteiger partial charge in [-0.2, -0.15) is 11.8 Å². The quantitative estimate of drug-likeness (QED) is 0.0580. The Hall–Kier alpha value is -2.17. The van der Waals surface area contributed by atoms with E-state index in [9.17, 15) is 5.21 Å². The van der Waals surface area contributed by atoms with Crippen LogP contribution in [-0.4, -0.2) is 28.7 Å². The summed E-state index contributed by atoms with van der Waals surface area (Å²) >= 11 is 3.97. The zero-order chi connectivity index (χ0) is 26.0. The van der Waals surface area contributed by atoms with Crippen molar-refractivity contribution in [1.29, 1.82) is 0 Å². The van der Waals surface area contributed by atoms with Gasteiger partial charge in [0.15, 0.2) is 0 Å². The molecule has 0 aliphatic carbocycles. The minimum atomic E-state index is -0.226. The van der Waals surface area contributed by atoms with Crippen molar-refractivity contribution >= 4 is 29.2 Å². The standard InChI is InChI=1S/C33H43NOS2/c1-36-27-17-4-2-15-25-32(34-35)26-16-3-5-18-28-37-33(29-19-9-6-10-20-29,30-21-11-7-12-22-30)31-23-13-8-14-24-31/h6-14,19-24,35H,2-5,15-18,25-28H2,1H3/b34-32+. The fraction of sp³-hybridized carbons (Fsp3) is 0.424. The first-order valence-corrected chi connectivity index (χ1v) is 16.2. The van der Waals surface area contributed by atoms with Gasteiger partial charge in [-0.3, -0.25) is 0 Å². The minimum Gasteiger partial charge on any atom is -0.411 e. The average molecular weight is 534 g/mol. The molecular formula is C33H43NOS2. The molecule has 0 atom stereocenters. The Kier molecular flexibility index (Phi) is 13.8. The minimum absolute atomic E-state index is 0.226. The Labute approximate surface area is 233 Å². The SMILES string of the molecule is CSCCCCCC/C(CCCCCCSC(c1ccccc1)(c1ccccc1)c1ccccc1)=N\O. The molecule has 0 fully saturated rings. The topological polar surface area (TPSA) is 32.6 Å². The van der Waals surface area contributed by atoms with Crippen LogP contribution in [0.25, 0.3) is 0 Å². The van der Waals surface area contributed by atoms with Crippen LogP contribution in [0.15, 0.2) is 96.2 Å². The highest BCUT2D eigenvalue weighted by atomic mass is 32.2. The summed E-state index contributed by atoms with van der Waals surface area (Å²) in [5.41, 5.74) is 4.97. The molecule has 2 nitrogen and oxygen atoms in total. The van der Waals surface area contributed by atoms with Crippen LogP contribution in [0.4, 0.5) is 0 Å². The van der Waals surface area contributed by atoms with Crippen LogP contribution in [0.5, 0.6) is 0 Å². The van der Waals surface area contributed by atoms with Gasteiger partial charge in [0.05, 0.1) is 10.5 Å². The number of unbranched alkanes of at least 4 members (excludes halogenated alkanes) is 6. The van der Waals surface area contributed by atoms with E-state index in [4.69, 9.17) is 0 Å². The van der Waals surface area contributed by atoms with Crippen molar-refractivity contribution in [2.24, 2.45) is 5.16 Å². The zero-order valence-corrected chi connectivity index (χ0v) is 24.0. The highest BCUT2D eigenvalue weighted by Crippen LogP contribution is 2.48. The van der Waals surface area contributed by atoms with E-state index in [0.717, 1.165) is 37.1 Å². The van der Waals surface area contributed by atoms with E-state index in [1.807, 2.05) is 11.8 Å². The highest BCUT2D eigenvalue weighted by Gasteiger charge is 2.36. The normalized spacial score (nSPS) is 12.1. The molecule has 0 bridgehead atoms. The summed E-state index contributed by atoms with van der Waals surface area (Å²) in [6.07, 6.45) is 13.7. The number of nitrogens with zero attached hydrogens (tertiary/aromatic N) is 1. The molecule has 0 aliphatic heterocycles. The number of thioether (sulfide) groups is 2. The predicted octanol–water partition coefficient (Wildman–Crippen LogP) is 9.81. The molecule has 0 unspecified atom stereocenters. The van der Waals surface area contributed by atoms with Gasteiger partial charge < -0.3 is 5.21 Å². The second-order valence-corrected chi connectivity index (χ2v) is 11.9. The number of hydrogen-bond acceptors (Lipinski definition) is 4. The molecule has 3 rings (SSSR count). The van der Waals surface area contributed by atoms with Crippen molar-refractivity contribution in [2.75, 3.05) is 17.8 Å². The largest absolute Gasteiger partial charge is 0.411 e. The lowest BCUT2D eigenvalue weighted by atomic mass is 9.84. The summed E-state index contributed by atoms with van der Waals surface area (Å²) in [6, 6.07) is 32.8. The molecule has 0 aromatic heterocycles. The van der Waals surface area contributed by atoms with Crippen LogP contribution in [0.3, 0.4) is 0 Å². The van der Waals surface area contributed by atoms with E-state index in [1.165, 1.54) is 61.0 Å². The van der Waals surface area contributed by atoms with Crippen molar-refractivity contribution < 1.29 is 5.21 Å². The van der Waals surface area contributed by atoms with Crippen molar-refractivity contribution in [2.45, 2.75) is 69.0 Å². The highest BCUT2D eigenvalue weighted by molar-refractivity contribution is 8.00. The third-order valence-electron chi connectivity index (χ3n) is 6.92. The summed E-state index contributed by atoms with van der Waals surface area (Å²) in [7, 11) is 0. The predicted molar refractivity (Wildman–Crippen MR) is 165 cm³/mol. The fourth-order valence-corrected chi connectivity index (χ4v) is 6.99. The number of rotatable bonds is 18. The maximum absolute atomic E-state index is 9.40. The van der Waals surface area contributed by atoms with Crippen LogP contribution < -0.4 is 0 Å². The summed E-state index contributed by atoms with van der Waals surface area (Å²) in [5, 5.41) is 13.0. The van der Waals surface area contributed by atoms with Gasteiger partial charge >= 0.3 is 0 Å². The summed E-state index contributed by atoms with van der Waals surface area (Å²) < 4.78 is -0.226. The molecular weight excluding hydrogens is 491 g/mol. The van der Waals surface area contributed by atoms with Gasteiger partial charge in [0.2, 0.25) is 0 Å². The molecule has 0 heterocycles. The zero-order valence-electron chi connectivity index (χ0n) is 22.4. The Morgan fingerprint density at radius 3 is 1.41 bits per heavy atom. The van der Waals surface area contributed by atoms with Crippen LogP contribution >= 0.6 is 23.5 Å². The maximum atomic E-state index is 9.40. The van der Waals surface area contributed by atoms with Gasteiger partial charge in [0, 0.05) is 0 Å². The van der Waals surface area contributed by atoms with Crippen molar-refractivity contribution in [1.82, 2.24) is 0 Å². The molecule has 0 aliphatic rings. The second kappa shape index (κ2) is 17.4. The monoisotopic (exact) mass is 533 g/mol. The van der Waals surface area contributed by atoms with Crippen LogP contribution in [-0.2, 0) is 4.75 Å². The Morgan fingerprint density at radius 1 is 0.595 bits per heavy atom. The molecule has 0 amide bonds. The Bertz CT molecular complexity index is 912. The van der Waals surface area contributed by atoms with Crippen LogP contribution in [0, 0.1) is 0 Å². The molecule has 0 spiro atoms. The first-order valence-electron chi connectivity index (χ1n) is 13.8. The van der Waals surface area contributed by atoms with Gasteiger partial charge in [-0.1, -0.05) is 122 Å². The van der Waals surface area contributed by atoms with Crippen LogP contribution in [0.1, 0.15) is 80.9 Å². The van der Waals surface area contributed by atoms with Crippen molar-refractivity contribution in [3.05, 3.63) is 108 Å². The van der Waals surface area contributed by atoms with Gasteiger partial charge in [0.1, 0.15) is 0 Å². The second-order valence-electron chi connectivity index (χ2n) is 9.62. The smallest absolute Gasteiger partial charge is 0.0906 e. The molecule has 37 heavy (non-hydrogen) atoms.